The molecule has 0 bridgehead atoms. The van der Waals surface area contributed by atoms with E-state index in [1.165, 1.54) is 10.4 Å². The highest BCUT2D eigenvalue weighted by molar-refractivity contribution is 7.87. The van der Waals surface area contributed by atoms with E-state index in [0.717, 1.165) is 0 Å². The van der Waals surface area contributed by atoms with Gasteiger partial charge in [0.05, 0.1) is 5.70 Å². The third kappa shape index (κ3) is 1.49. The number of hydrogen-bond donors (Lipinski definition) is 1. The van der Waals surface area contributed by atoms with Crippen LogP contribution in [0.2, 0.25) is 0 Å². The molecule has 1 saturated heterocycles. The molecule has 0 amide bonds. The lowest BCUT2D eigenvalue weighted by atomic mass is 10.0. The third-order valence-corrected chi connectivity index (χ3v) is 4.07. The van der Waals surface area contributed by atoms with Crippen molar-refractivity contribution in [3.63, 3.8) is 0 Å². The summed E-state index contributed by atoms with van der Waals surface area (Å²) in [5.41, 5.74) is 0.441. The second-order valence-electron chi connectivity index (χ2n) is 3.82. The molecule has 2 aliphatic rings. The molecule has 0 saturated carbocycles. The lowest BCUT2D eigenvalue weighted by Gasteiger charge is -2.23. The molecule has 2 rings (SSSR count). The summed E-state index contributed by atoms with van der Waals surface area (Å²) in [5.74, 6) is -0.199. The number of allylic oxidation sites excluding steroid dienone is 2. The number of nitrogens with zero attached hydrogens (tertiary/aromatic N) is 1. The van der Waals surface area contributed by atoms with Crippen LogP contribution in [0.1, 0.15) is 13.8 Å². The molecule has 5 nitrogen and oxygen atoms in total. The molecule has 15 heavy (non-hydrogen) atoms. The van der Waals surface area contributed by atoms with Gasteiger partial charge < -0.3 is 0 Å². The molecule has 0 aromatic carbocycles. The summed E-state index contributed by atoms with van der Waals surface area (Å²) in [7, 11) is -3.55. The van der Waals surface area contributed by atoms with Crippen LogP contribution in [0.5, 0.6) is 0 Å². The average molecular weight is 228 g/mol. The molecule has 1 fully saturated rings. The van der Waals surface area contributed by atoms with Gasteiger partial charge in [0, 0.05) is 6.04 Å². The number of hydrogen-bond acceptors (Lipinski definition) is 3. The zero-order chi connectivity index (χ0) is 11.2. The van der Waals surface area contributed by atoms with Crippen molar-refractivity contribution in [1.29, 1.82) is 0 Å². The van der Waals surface area contributed by atoms with Gasteiger partial charge in [0.15, 0.2) is 5.78 Å². The lowest BCUT2D eigenvalue weighted by Crippen LogP contribution is -2.43. The van der Waals surface area contributed by atoms with Crippen LogP contribution in [0, 0.1) is 0 Å². The van der Waals surface area contributed by atoms with E-state index < -0.39 is 16.3 Å². The number of nitrogens with one attached hydrogen (secondary N) is 1. The molecule has 0 radical (unpaired) electrons. The van der Waals surface area contributed by atoms with E-state index in [9.17, 15) is 13.2 Å². The molecular formula is C9H12N2O3S. The molecule has 6 heteroatoms. The van der Waals surface area contributed by atoms with Gasteiger partial charge in [-0.05, 0) is 26.0 Å². The quantitative estimate of drug-likeness (QED) is 0.683. The van der Waals surface area contributed by atoms with E-state index >= 15 is 0 Å². The maximum atomic E-state index is 11.7. The molecule has 0 aromatic heterocycles. The highest BCUT2D eigenvalue weighted by Crippen LogP contribution is 2.27. The zero-order valence-corrected chi connectivity index (χ0v) is 9.28. The standard InChI is InChI=1S/C9H12N2O3S/c1-6(2)11-9-7(10-15(11,13)14)4-3-5-8(9)12/h3-6,9-10H,1-2H3. The highest BCUT2D eigenvalue weighted by atomic mass is 32.2. The summed E-state index contributed by atoms with van der Waals surface area (Å²) in [5, 5.41) is 0. The van der Waals surface area contributed by atoms with E-state index in [1.54, 1.807) is 26.0 Å². The first-order chi connectivity index (χ1) is 6.93. The summed E-state index contributed by atoms with van der Waals surface area (Å²) in [6, 6.07) is -0.936. The first-order valence-corrected chi connectivity index (χ1v) is 6.11. The molecule has 82 valence electrons. The Morgan fingerprint density at radius 3 is 2.73 bits per heavy atom. The summed E-state index contributed by atoms with van der Waals surface area (Å²) >= 11 is 0. The van der Waals surface area contributed by atoms with Gasteiger partial charge in [-0.3, -0.25) is 9.52 Å². The smallest absolute Gasteiger partial charge is 0.293 e. The summed E-state index contributed by atoms with van der Waals surface area (Å²) < 4.78 is 27.0. The van der Waals surface area contributed by atoms with Crippen molar-refractivity contribution >= 4 is 16.0 Å². The second-order valence-corrected chi connectivity index (χ2v) is 5.39. The van der Waals surface area contributed by atoms with Crippen molar-refractivity contribution in [1.82, 2.24) is 9.03 Å². The van der Waals surface area contributed by atoms with Gasteiger partial charge in [-0.1, -0.05) is 6.08 Å². The molecule has 1 unspecified atom stereocenters. The first-order valence-electron chi connectivity index (χ1n) is 4.67. The Balaban J connectivity index is 2.50. The van der Waals surface area contributed by atoms with Crippen molar-refractivity contribution in [2.45, 2.75) is 25.9 Å². The van der Waals surface area contributed by atoms with E-state index in [4.69, 9.17) is 0 Å². The Bertz CT molecular complexity index is 462. The van der Waals surface area contributed by atoms with Crippen LogP contribution in [0.3, 0.4) is 0 Å². The summed E-state index contributed by atoms with van der Waals surface area (Å²) in [6.07, 6.45) is 4.57. The van der Waals surface area contributed by atoms with Crippen molar-refractivity contribution in [2.75, 3.05) is 0 Å². The van der Waals surface area contributed by atoms with Gasteiger partial charge in [0.1, 0.15) is 6.04 Å². The van der Waals surface area contributed by atoms with E-state index in [1.807, 2.05) is 0 Å². The number of carbonyl (C=O) groups excluding carboxylic acids is 1. The van der Waals surface area contributed by atoms with Crippen molar-refractivity contribution in [3.8, 4) is 0 Å². The van der Waals surface area contributed by atoms with Gasteiger partial charge in [0.2, 0.25) is 0 Å². The van der Waals surface area contributed by atoms with E-state index in [0.29, 0.717) is 5.70 Å². The molecule has 1 N–H and O–H groups in total. The van der Waals surface area contributed by atoms with Crippen LogP contribution in [0.25, 0.3) is 0 Å². The maximum Gasteiger partial charge on any atom is 0.302 e. The molecule has 1 atom stereocenters. The van der Waals surface area contributed by atoms with E-state index in [2.05, 4.69) is 4.72 Å². The Kier molecular flexibility index (Phi) is 2.20. The summed E-state index contributed by atoms with van der Waals surface area (Å²) in [6.45, 7) is 3.49. The normalized spacial score (nSPS) is 28.9. The van der Waals surface area contributed by atoms with Gasteiger partial charge in [-0.25, -0.2) is 0 Å². The number of rotatable bonds is 1. The topological polar surface area (TPSA) is 66.5 Å². The predicted octanol–water partition coefficient (Wildman–Crippen LogP) is -0.0638. The van der Waals surface area contributed by atoms with Crippen LogP contribution >= 0.6 is 0 Å². The van der Waals surface area contributed by atoms with Crippen LogP contribution < -0.4 is 4.72 Å². The lowest BCUT2D eigenvalue weighted by molar-refractivity contribution is -0.117. The number of fused-ring (bicyclic) bond motifs is 1. The Morgan fingerprint density at radius 1 is 1.47 bits per heavy atom. The Morgan fingerprint density at radius 2 is 2.13 bits per heavy atom. The third-order valence-electron chi connectivity index (χ3n) is 2.39. The van der Waals surface area contributed by atoms with Gasteiger partial charge >= 0.3 is 10.2 Å². The first kappa shape index (κ1) is 10.4. The van der Waals surface area contributed by atoms with Crippen molar-refractivity contribution < 1.29 is 13.2 Å². The van der Waals surface area contributed by atoms with Crippen molar-refractivity contribution in [3.05, 3.63) is 23.9 Å². The fourth-order valence-corrected chi connectivity index (χ4v) is 3.48. The Labute approximate surface area is 88.6 Å². The largest absolute Gasteiger partial charge is 0.302 e. The van der Waals surface area contributed by atoms with Crippen molar-refractivity contribution in [2.24, 2.45) is 0 Å². The van der Waals surface area contributed by atoms with Gasteiger partial charge in [0.25, 0.3) is 0 Å². The molecule has 1 aliphatic carbocycles. The maximum absolute atomic E-state index is 11.7. The van der Waals surface area contributed by atoms with E-state index in [-0.39, 0.29) is 11.8 Å². The zero-order valence-electron chi connectivity index (χ0n) is 8.47. The Hall–Kier alpha value is -1.14. The molecule has 1 aliphatic heterocycles. The van der Waals surface area contributed by atoms with Crippen LogP contribution in [0.4, 0.5) is 0 Å². The SMILES string of the molecule is CC(C)N1C2C(=O)C=CC=C2NS1(=O)=O. The van der Waals surface area contributed by atoms with Crippen LogP contribution in [-0.2, 0) is 15.0 Å². The summed E-state index contributed by atoms with van der Waals surface area (Å²) in [4.78, 5) is 11.6. The molecule has 0 aromatic rings. The minimum Gasteiger partial charge on any atom is -0.293 e. The van der Waals surface area contributed by atoms with Gasteiger partial charge in [-0.15, -0.1) is 0 Å². The highest BCUT2D eigenvalue weighted by Gasteiger charge is 2.46. The minimum atomic E-state index is -3.55. The van der Waals surface area contributed by atoms with Crippen LogP contribution in [0.15, 0.2) is 23.9 Å². The fourth-order valence-electron chi connectivity index (χ4n) is 1.85. The molecule has 0 spiro atoms. The number of ketones is 1. The fraction of sp³-hybridized carbons (Fsp3) is 0.444. The molecular weight excluding hydrogens is 216 g/mol. The van der Waals surface area contributed by atoms with Crippen LogP contribution in [-0.4, -0.2) is 30.6 Å². The average Bonchev–Trinajstić information content (AvgIpc) is 2.36. The number of carbonyl (C=O) groups is 1. The predicted molar refractivity (Wildman–Crippen MR) is 55.0 cm³/mol. The minimum absolute atomic E-state index is 0.199. The van der Waals surface area contributed by atoms with Gasteiger partial charge in [-0.2, -0.15) is 12.7 Å². The monoisotopic (exact) mass is 228 g/mol. The molecule has 1 heterocycles. The second kappa shape index (κ2) is 3.18.